The van der Waals surface area contributed by atoms with Gasteiger partial charge in [0.1, 0.15) is 0 Å². The van der Waals surface area contributed by atoms with Crippen LogP contribution >= 0.6 is 11.3 Å². The quantitative estimate of drug-likeness (QED) is 0.786. The van der Waals surface area contributed by atoms with Gasteiger partial charge in [-0.15, -0.1) is 11.3 Å². The number of carbonyl (C=O) groups is 2. The monoisotopic (exact) mass is 298 g/mol. The van der Waals surface area contributed by atoms with E-state index in [1.165, 1.54) is 0 Å². The zero-order valence-corrected chi connectivity index (χ0v) is 13.3. The Kier molecular flexibility index (Phi) is 6.13. The Hall–Kier alpha value is -1.43. The van der Waals surface area contributed by atoms with Crippen LogP contribution in [0.15, 0.2) is 0 Å². The third-order valence-electron chi connectivity index (χ3n) is 3.32. The van der Waals surface area contributed by atoms with Crippen LogP contribution in [0.3, 0.4) is 0 Å². The zero-order chi connectivity index (χ0) is 15.3. The molecule has 0 bridgehead atoms. The van der Waals surface area contributed by atoms with Crippen molar-refractivity contribution in [1.29, 1.82) is 0 Å². The topological polar surface area (TPSA) is 70.5 Å². The summed E-state index contributed by atoms with van der Waals surface area (Å²) in [6.45, 7) is 5.91. The molecule has 0 aliphatic heterocycles. The average Bonchev–Trinajstić information content (AvgIpc) is 2.71. The lowest BCUT2D eigenvalue weighted by molar-refractivity contribution is -0.137. The molecule has 1 N–H and O–H groups in total. The molecule has 1 aromatic heterocycles. The number of nitrogens with zero attached hydrogens (tertiary/aromatic N) is 2. The van der Waals surface area contributed by atoms with E-state index in [0.717, 1.165) is 15.6 Å². The highest BCUT2D eigenvalue weighted by molar-refractivity contribution is 7.11. The Morgan fingerprint density at radius 3 is 2.40 bits per heavy atom. The Morgan fingerprint density at radius 1 is 1.30 bits per heavy atom. The van der Waals surface area contributed by atoms with E-state index in [4.69, 9.17) is 5.11 Å². The van der Waals surface area contributed by atoms with Gasteiger partial charge in [-0.3, -0.25) is 9.59 Å². The van der Waals surface area contributed by atoms with E-state index in [1.807, 2.05) is 20.8 Å². The van der Waals surface area contributed by atoms with Crippen LogP contribution < -0.4 is 0 Å². The first-order chi connectivity index (χ1) is 9.32. The van der Waals surface area contributed by atoms with E-state index < -0.39 is 5.97 Å². The zero-order valence-electron chi connectivity index (χ0n) is 12.5. The summed E-state index contributed by atoms with van der Waals surface area (Å²) in [5, 5.41) is 9.56. The van der Waals surface area contributed by atoms with E-state index in [0.29, 0.717) is 19.3 Å². The van der Waals surface area contributed by atoms with E-state index in [-0.39, 0.29) is 18.4 Å². The third kappa shape index (κ3) is 4.59. The Morgan fingerprint density at radius 2 is 1.90 bits per heavy atom. The number of aryl methyl sites for hydroxylation is 2. The van der Waals surface area contributed by atoms with Crippen molar-refractivity contribution >= 4 is 23.2 Å². The predicted octanol–water partition coefficient (Wildman–Crippen LogP) is 2.92. The Bertz CT molecular complexity index is 485. The molecule has 1 amide bonds. The number of hydrogen-bond acceptors (Lipinski definition) is 4. The lowest BCUT2D eigenvalue weighted by Gasteiger charge is -2.24. The van der Waals surface area contributed by atoms with Gasteiger partial charge in [0.25, 0.3) is 0 Å². The van der Waals surface area contributed by atoms with E-state index in [2.05, 4.69) is 4.98 Å². The van der Waals surface area contributed by atoms with Gasteiger partial charge < -0.3 is 10.0 Å². The number of unbranched alkanes of at least 4 members (excludes halogenated alkanes) is 1. The average molecular weight is 298 g/mol. The second-order valence-electron chi connectivity index (χ2n) is 4.96. The molecule has 6 heteroatoms. The molecule has 0 aliphatic rings. The predicted molar refractivity (Wildman–Crippen MR) is 78.9 cm³/mol. The van der Waals surface area contributed by atoms with Crippen LogP contribution in [-0.4, -0.2) is 33.9 Å². The van der Waals surface area contributed by atoms with Crippen molar-refractivity contribution in [2.24, 2.45) is 0 Å². The van der Waals surface area contributed by atoms with Gasteiger partial charge in [-0.05, 0) is 33.6 Å². The van der Waals surface area contributed by atoms with Crippen molar-refractivity contribution in [3.8, 4) is 0 Å². The molecule has 0 saturated heterocycles. The molecule has 0 spiro atoms. The first kappa shape index (κ1) is 16.6. The molecule has 1 aromatic rings. The van der Waals surface area contributed by atoms with Gasteiger partial charge in [0, 0.05) is 24.8 Å². The molecule has 0 saturated carbocycles. The maximum Gasteiger partial charge on any atom is 0.303 e. The van der Waals surface area contributed by atoms with E-state index >= 15 is 0 Å². The lowest BCUT2D eigenvalue weighted by Crippen LogP contribution is -2.29. The summed E-state index contributed by atoms with van der Waals surface area (Å²) >= 11 is 1.62. The summed E-state index contributed by atoms with van der Waals surface area (Å²) in [6, 6.07) is 0.00757. The van der Waals surface area contributed by atoms with Crippen LogP contribution in [0.25, 0.3) is 0 Å². The van der Waals surface area contributed by atoms with Crippen LogP contribution in [0.4, 0.5) is 0 Å². The Labute approximate surface area is 123 Å². The molecule has 0 aromatic carbocycles. The van der Waals surface area contributed by atoms with E-state index in [9.17, 15) is 9.59 Å². The number of aromatic nitrogens is 1. The van der Waals surface area contributed by atoms with Crippen molar-refractivity contribution in [1.82, 2.24) is 9.88 Å². The van der Waals surface area contributed by atoms with Crippen LogP contribution in [0, 0.1) is 13.8 Å². The Balaban J connectivity index is 2.51. The van der Waals surface area contributed by atoms with Gasteiger partial charge >= 0.3 is 5.97 Å². The fourth-order valence-corrected chi connectivity index (χ4v) is 3.08. The largest absolute Gasteiger partial charge is 0.481 e. The molecule has 0 aliphatic carbocycles. The van der Waals surface area contributed by atoms with Gasteiger partial charge in [-0.25, -0.2) is 4.98 Å². The first-order valence-corrected chi connectivity index (χ1v) is 7.56. The number of aliphatic carboxylic acids is 1. The van der Waals surface area contributed by atoms with Crippen LogP contribution in [-0.2, 0) is 9.59 Å². The second-order valence-corrected chi connectivity index (χ2v) is 6.20. The number of carboxylic acids is 1. The fraction of sp³-hybridized carbons (Fsp3) is 0.643. The molecule has 0 fully saturated rings. The van der Waals surface area contributed by atoms with Crippen LogP contribution in [0.2, 0.25) is 0 Å². The maximum atomic E-state index is 12.1. The molecule has 1 rings (SSSR count). The minimum Gasteiger partial charge on any atom is -0.481 e. The smallest absolute Gasteiger partial charge is 0.303 e. The summed E-state index contributed by atoms with van der Waals surface area (Å²) in [4.78, 5) is 29.7. The van der Waals surface area contributed by atoms with Gasteiger partial charge in [-0.1, -0.05) is 0 Å². The fourth-order valence-electron chi connectivity index (χ4n) is 2.06. The van der Waals surface area contributed by atoms with Crippen molar-refractivity contribution in [2.75, 3.05) is 7.05 Å². The molecule has 20 heavy (non-hydrogen) atoms. The maximum absolute atomic E-state index is 12.1. The summed E-state index contributed by atoms with van der Waals surface area (Å²) < 4.78 is 0. The number of rotatable bonds is 7. The SMILES string of the molecule is Cc1nc(C)c(C(C)N(C)C(=O)CCCCC(=O)O)s1. The van der Waals surface area contributed by atoms with Gasteiger partial charge in [-0.2, -0.15) is 0 Å². The number of carbonyl (C=O) groups excluding carboxylic acids is 1. The minimum atomic E-state index is -0.810. The van der Waals surface area contributed by atoms with Crippen molar-refractivity contribution in [2.45, 2.75) is 52.5 Å². The van der Waals surface area contributed by atoms with Crippen molar-refractivity contribution in [3.63, 3.8) is 0 Å². The van der Waals surface area contributed by atoms with Crippen molar-refractivity contribution in [3.05, 3.63) is 15.6 Å². The van der Waals surface area contributed by atoms with E-state index in [1.54, 1.807) is 23.3 Å². The lowest BCUT2D eigenvalue weighted by atomic mass is 10.1. The summed E-state index contributed by atoms with van der Waals surface area (Å²) in [7, 11) is 1.79. The standard InChI is InChI=1S/C14H22N2O3S/c1-9-14(20-11(3)15-9)10(2)16(4)12(17)7-5-6-8-13(18)19/h10H,5-8H2,1-4H3,(H,18,19). The summed E-state index contributed by atoms with van der Waals surface area (Å²) in [5.74, 6) is -0.761. The molecular weight excluding hydrogens is 276 g/mol. The molecule has 1 heterocycles. The highest BCUT2D eigenvalue weighted by Crippen LogP contribution is 2.28. The number of amides is 1. The van der Waals surface area contributed by atoms with Gasteiger partial charge in [0.15, 0.2) is 0 Å². The minimum absolute atomic E-state index is 0.00757. The number of carboxylic acid groups (broad SMARTS) is 1. The first-order valence-electron chi connectivity index (χ1n) is 6.74. The van der Waals surface area contributed by atoms with Crippen molar-refractivity contribution < 1.29 is 14.7 Å². The molecule has 1 unspecified atom stereocenters. The van der Waals surface area contributed by atoms with Crippen LogP contribution in [0.1, 0.15) is 54.2 Å². The highest BCUT2D eigenvalue weighted by atomic mass is 32.1. The van der Waals surface area contributed by atoms with Gasteiger partial charge in [0.2, 0.25) is 5.91 Å². The molecular formula is C14H22N2O3S. The molecule has 1 atom stereocenters. The molecule has 5 nitrogen and oxygen atoms in total. The second kappa shape index (κ2) is 7.38. The molecule has 0 radical (unpaired) electrons. The summed E-state index contributed by atoms with van der Waals surface area (Å²) in [5.41, 5.74) is 0.977. The molecule has 112 valence electrons. The number of thiazole rings is 1. The third-order valence-corrected chi connectivity index (χ3v) is 4.57. The normalized spacial score (nSPS) is 12.2. The number of hydrogen-bond donors (Lipinski definition) is 1. The highest BCUT2D eigenvalue weighted by Gasteiger charge is 2.21. The van der Waals surface area contributed by atoms with Crippen LogP contribution in [0.5, 0.6) is 0 Å². The summed E-state index contributed by atoms with van der Waals surface area (Å²) in [6.07, 6.45) is 1.68. The van der Waals surface area contributed by atoms with Gasteiger partial charge in [0.05, 0.1) is 16.7 Å².